The van der Waals surface area contributed by atoms with Crippen LogP contribution in [0.4, 0.5) is 0 Å². The van der Waals surface area contributed by atoms with Crippen molar-refractivity contribution in [2.24, 2.45) is 0 Å². The highest BCUT2D eigenvalue weighted by molar-refractivity contribution is 6.30. The van der Waals surface area contributed by atoms with Gasteiger partial charge < -0.3 is 14.8 Å². The smallest absolute Gasteiger partial charge is 0.0986 e. The molecule has 0 aromatic heterocycles. The van der Waals surface area contributed by atoms with Gasteiger partial charge in [-0.3, -0.25) is 0 Å². The zero-order valence-corrected chi connectivity index (χ0v) is 11.6. The maximum Gasteiger partial charge on any atom is 0.0986 e. The fraction of sp³-hybridized carbons (Fsp3) is 0.571. The first-order valence-corrected chi connectivity index (χ1v) is 6.74. The van der Waals surface area contributed by atoms with Crippen LogP contribution in [0, 0.1) is 0 Å². The molecule has 4 heteroatoms. The third-order valence-electron chi connectivity index (χ3n) is 3.36. The SMILES string of the molecule is CCOC1CC(NCc2cccc(Cl)c2)C1OC. The molecule has 100 valence electrons. The Hall–Kier alpha value is -0.610. The van der Waals surface area contributed by atoms with E-state index in [0.717, 1.165) is 24.6 Å². The summed E-state index contributed by atoms with van der Waals surface area (Å²) in [7, 11) is 1.74. The Bertz CT molecular complexity index is 386. The minimum atomic E-state index is 0.157. The molecule has 1 saturated carbocycles. The lowest BCUT2D eigenvalue weighted by Gasteiger charge is -2.43. The first-order chi connectivity index (χ1) is 8.74. The normalized spacial score (nSPS) is 26.9. The van der Waals surface area contributed by atoms with Gasteiger partial charge in [0.15, 0.2) is 0 Å². The maximum atomic E-state index is 5.96. The van der Waals surface area contributed by atoms with E-state index in [1.165, 1.54) is 5.56 Å². The first kappa shape index (κ1) is 13.8. The van der Waals surface area contributed by atoms with Crippen LogP contribution in [0.2, 0.25) is 5.02 Å². The molecule has 1 fully saturated rings. The second-order valence-corrected chi connectivity index (χ2v) is 4.98. The molecule has 0 amide bonds. The molecule has 1 aromatic carbocycles. The van der Waals surface area contributed by atoms with Gasteiger partial charge in [-0.25, -0.2) is 0 Å². The summed E-state index contributed by atoms with van der Waals surface area (Å²) in [5.41, 5.74) is 1.19. The van der Waals surface area contributed by atoms with Gasteiger partial charge in [0.1, 0.15) is 0 Å². The zero-order chi connectivity index (χ0) is 13.0. The van der Waals surface area contributed by atoms with Crippen LogP contribution in [0.15, 0.2) is 24.3 Å². The summed E-state index contributed by atoms with van der Waals surface area (Å²) in [5, 5.41) is 4.26. The number of hydrogen-bond donors (Lipinski definition) is 1. The number of halogens is 1. The van der Waals surface area contributed by atoms with Crippen LogP contribution in [-0.2, 0) is 16.0 Å². The van der Waals surface area contributed by atoms with Crippen LogP contribution in [0.1, 0.15) is 18.9 Å². The number of ether oxygens (including phenoxy) is 2. The van der Waals surface area contributed by atoms with Crippen molar-refractivity contribution in [3.63, 3.8) is 0 Å². The average molecular weight is 270 g/mol. The Morgan fingerprint density at radius 3 is 2.94 bits per heavy atom. The van der Waals surface area contributed by atoms with Gasteiger partial charge in [-0.1, -0.05) is 23.7 Å². The van der Waals surface area contributed by atoms with Crippen LogP contribution >= 0.6 is 11.6 Å². The Balaban J connectivity index is 1.81. The third kappa shape index (κ3) is 3.23. The highest BCUT2D eigenvalue weighted by atomic mass is 35.5. The van der Waals surface area contributed by atoms with Gasteiger partial charge in [0.2, 0.25) is 0 Å². The summed E-state index contributed by atoms with van der Waals surface area (Å²) in [6.45, 7) is 3.56. The Morgan fingerprint density at radius 1 is 1.44 bits per heavy atom. The zero-order valence-electron chi connectivity index (χ0n) is 10.9. The molecule has 1 N–H and O–H groups in total. The molecule has 0 spiro atoms. The highest BCUT2D eigenvalue weighted by Crippen LogP contribution is 2.27. The lowest BCUT2D eigenvalue weighted by Crippen LogP contribution is -2.59. The van der Waals surface area contributed by atoms with Crippen LogP contribution in [0.5, 0.6) is 0 Å². The Labute approximate surface area is 113 Å². The highest BCUT2D eigenvalue weighted by Gasteiger charge is 2.41. The molecule has 0 aliphatic heterocycles. The molecule has 1 aromatic rings. The van der Waals surface area contributed by atoms with Gasteiger partial charge >= 0.3 is 0 Å². The van der Waals surface area contributed by atoms with E-state index in [9.17, 15) is 0 Å². The van der Waals surface area contributed by atoms with E-state index >= 15 is 0 Å². The van der Waals surface area contributed by atoms with Gasteiger partial charge in [-0.2, -0.15) is 0 Å². The minimum absolute atomic E-state index is 0.157. The van der Waals surface area contributed by atoms with Gasteiger partial charge in [-0.15, -0.1) is 0 Å². The summed E-state index contributed by atoms with van der Waals surface area (Å²) in [5.74, 6) is 0. The van der Waals surface area contributed by atoms with Gasteiger partial charge in [0.05, 0.1) is 12.2 Å². The van der Waals surface area contributed by atoms with Crippen molar-refractivity contribution in [1.29, 1.82) is 0 Å². The molecular weight excluding hydrogens is 250 g/mol. The van der Waals surface area contributed by atoms with Crippen molar-refractivity contribution in [3.8, 4) is 0 Å². The van der Waals surface area contributed by atoms with E-state index < -0.39 is 0 Å². The van der Waals surface area contributed by atoms with Crippen molar-refractivity contribution < 1.29 is 9.47 Å². The van der Waals surface area contributed by atoms with E-state index in [-0.39, 0.29) is 12.2 Å². The second-order valence-electron chi connectivity index (χ2n) is 4.55. The van der Waals surface area contributed by atoms with Crippen molar-refractivity contribution in [2.75, 3.05) is 13.7 Å². The molecule has 0 radical (unpaired) electrons. The number of nitrogens with one attached hydrogen (secondary N) is 1. The summed E-state index contributed by atoms with van der Waals surface area (Å²) in [6, 6.07) is 8.27. The van der Waals surface area contributed by atoms with Crippen LogP contribution < -0.4 is 5.32 Å². The average Bonchev–Trinajstić information content (AvgIpc) is 2.33. The van der Waals surface area contributed by atoms with E-state index in [1.54, 1.807) is 7.11 Å². The first-order valence-electron chi connectivity index (χ1n) is 6.36. The minimum Gasteiger partial charge on any atom is -0.377 e. The van der Waals surface area contributed by atoms with E-state index in [2.05, 4.69) is 11.4 Å². The number of hydrogen-bond acceptors (Lipinski definition) is 3. The predicted octanol–water partition coefficient (Wildman–Crippen LogP) is 2.62. The monoisotopic (exact) mass is 269 g/mol. The summed E-state index contributed by atoms with van der Waals surface area (Å²) < 4.78 is 11.1. The number of rotatable bonds is 6. The third-order valence-corrected chi connectivity index (χ3v) is 3.59. The second kappa shape index (κ2) is 6.53. The Kier molecular flexibility index (Phi) is 5.01. The lowest BCUT2D eigenvalue weighted by atomic mass is 9.85. The lowest BCUT2D eigenvalue weighted by molar-refractivity contribution is -0.131. The van der Waals surface area contributed by atoms with Gasteiger partial charge in [0.25, 0.3) is 0 Å². The van der Waals surface area contributed by atoms with E-state index in [0.29, 0.717) is 6.04 Å². The van der Waals surface area contributed by atoms with Crippen LogP contribution in [0.3, 0.4) is 0 Å². The fourth-order valence-corrected chi connectivity index (χ4v) is 2.58. The number of benzene rings is 1. The molecule has 0 bridgehead atoms. The predicted molar refractivity (Wildman–Crippen MR) is 72.9 cm³/mol. The van der Waals surface area contributed by atoms with E-state index in [4.69, 9.17) is 21.1 Å². The van der Waals surface area contributed by atoms with Crippen molar-refractivity contribution in [3.05, 3.63) is 34.9 Å². The topological polar surface area (TPSA) is 30.5 Å². The van der Waals surface area contributed by atoms with E-state index in [1.807, 2.05) is 25.1 Å². The standard InChI is InChI=1S/C14H20ClNO2/c1-3-18-13-8-12(14(13)17-2)16-9-10-5-4-6-11(15)7-10/h4-7,12-14,16H,3,8-9H2,1-2H3. The quantitative estimate of drug-likeness (QED) is 0.861. The van der Waals surface area contributed by atoms with Crippen LogP contribution in [-0.4, -0.2) is 32.0 Å². The summed E-state index contributed by atoms with van der Waals surface area (Å²) >= 11 is 5.96. The fourth-order valence-electron chi connectivity index (χ4n) is 2.37. The van der Waals surface area contributed by atoms with Crippen molar-refractivity contribution in [2.45, 2.75) is 38.1 Å². The summed E-state index contributed by atoms with van der Waals surface area (Å²) in [4.78, 5) is 0. The van der Waals surface area contributed by atoms with Crippen molar-refractivity contribution in [1.82, 2.24) is 5.32 Å². The molecular formula is C14H20ClNO2. The van der Waals surface area contributed by atoms with Crippen LogP contribution in [0.25, 0.3) is 0 Å². The largest absolute Gasteiger partial charge is 0.377 e. The molecule has 18 heavy (non-hydrogen) atoms. The van der Waals surface area contributed by atoms with Gasteiger partial charge in [0, 0.05) is 31.3 Å². The summed E-state index contributed by atoms with van der Waals surface area (Å²) in [6.07, 6.45) is 1.40. The number of methoxy groups -OCH3 is 1. The molecule has 0 saturated heterocycles. The molecule has 2 rings (SSSR count). The molecule has 3 atom stereocenters. The van der Waals surface area contributed by atoms with Crippen molar-refractivity contribution >= 4 is 11.6 Å². The molecule has 1 aliphatic rings. The van der Waals surface area contributed by atoms with Gasteiger partial charge in [-0.05, 0) is 31.0 Å². The molecule has 3 unspecified atom stereocenters. The Morgan fingerprint density at radius 2 is 2.28 bits per heavy atom. The molecule has 3 nitrogen and oxygen atoms in total. The molecule has 1 aliphatic carbocycles. The maximum absolute atomic E-state index is 5.96. The molecule has 0 heterocycles.